The maximum atomic E-state index is 11.2. The van der Waals surface area contributed by atoms with Crippen molar-refractivity contribution in [3.05, 3.63) is 23.6 Å². The number of carbonyl (C=O) groups is 1. The predicted molar refractivity (Wildman–Crippen MR) is 60.7 cm³/mol. The highest BCUT2D eigenvalue weighted by atomic mass is 35.5. The van der Waals surface area contributed by atoms with Gasteiger partial charge in [-0.1, -0.05) is 0 Å². The summed E-state index contributed by atoms with van der Waals surface area (Å²) in [7, 11) is 0. The van der Waals surface area contributed by atoms with E-state index in [1.165, 1.54) is 12.4 Å². The van der Waals surface area contributed by atoms with E-state index in [0.29, 0.717) is 12.2 Å². The number of halogens is 1. The molecule has 2 aromatic heterocycles. The second kappa shape index (κ2) is 5.54. The first-order valence-corrected chi connectivity index (χ1v) is 5.52. The molecule has 0 N–H and O–H groups in total. The molecule has 8 heteroatoms. The molecule has 0 aliphatic heterocycles. The molecule has 0 aliphatic rings. The second-order valence-electron chi connectivity index (χ2n) is 3.22. The van der Waals surface area contributed by atoms with E-state index in [-0.39, 0.29) is 23.5 Å². The molecule has 94 valence electrons. The fraction of sp³-hybridized carbons (Fsp3) is 0.300. The number of nitrogens with zero attached hydrogens (tertiary/aromatic N) is 4. The molecule has 0 bridgehead atoms. The molecule has 0 amide bonds. The smallest absolute Gasteiger partial charge is 0.315 e. The molecule has 0 aliphatic carbocycles. The molecule has 0 saturated carbocycles. The number of ether oxygens (including phenoxy) is 1. The summed E-state index contributed by atoms with van der Waals surface area (Å²) in [5.74, 6) is -0.00980. The zero-order valence-electron chi connectivity index (χ0n) is 9.46. The van der Waals surface area contributed by atoms with Gasteiger partial charge in [0.1, 0.15) is 6.42 Å². The van der Waals surface area contributed by atoms with Gasteiger partial charge in [-0.3, -0.25) is 4.79 Å². The molecule has 0 atom stereocenters. The minimum atomic E-state index is -0.417. The third-order valence-electron chi connectivity index (χ3n) is 1.94. The van der Waals surface area contributed by atoms with E-state index < -0.39 is 5.97 Å². The third-order valence-corrected chi connectivity index (χ3v) is 2.13. The summed E-state index contributed by atoms with van der Waals surface area (Å²) in [6.07, 6.45) is 2.85. The minimum absolute atomic E-state index is 0.0602. The highest BCUT2D eigenvalue weighted by Gasteiger charge is 2.13. The van der Waals surface area contributed by atoms with Crippen molar-refractivity contribution in [3.63, 3.8) is 0 Å². The molecule has 2 aromatic rings. The first kappa shape index (κ1) is 12.4. The standard InChI is InChI=1S/C10H9ClN4O3/c1-2-17-8(16)3-7-14-15-9(18-7)6-4-12-10(11)13-5-6/h4-5H,2-3H2,1H3. The van der Waals surface area contributed by atoms with E-state index in [0.717, 1.165) is 0 Å². The van der Waals surface area contributed by atoms with Gasteiger partial charge < -0.3 is 9.15 Å². The average Bonchev–Trinajstić information content (AvgIpc) is 2.78. The molecule has 0 aromatic carbocycles. The number of rotatable bonds is 4. The Kier molecular flexibility index (Phi) is 3.83. The summed E-state index contributed by atoms with van der Waals surface area (Å²) in [5, 5.41) is 7.64. The Morgan fingerprint density at radius 1 is 1.39 bits per heavy atom. The van der Waals surface area contributed by atoms with Crippen molar-refractivity contribution in [2.24, 2.45) is 0 Å². The lowest BCUT2D eigenvalue weighted by Gasteiger charge is -1.96. The second-order valence-corrected chi connectivity index (χ2v) is 3.56. The van der Waals surface area contributed by atoms with E-state index in [2.05, 4.69) is 20.2 Å². The van der Waals surface area contributed by atoms with Crippen LogP contribution in [0.15, 0.2) is 16.8 Å². The van der Waals surface area contributed by atoms with Crippen molar-refractivity contribution in [2.45, 2.75) is 13.3 Å². The maximum Gasteiger partial charge on any atom is 0.315 e. The van der Waals surface area contributed by atoms with Crippen molar-refractivity contribution in [3.8, 4) is 11.5 Å². The van der Waals surface area contributed by atoms with Gasteiger partial charge in [0.05, 0.1) is 12.2 Å². The quantitative estimate of drug-likeness (QED) is 0.609. The highest BCUT2D eigenvalue weighted by molar-refractivity contribution is 6.28. The molecule has 7 nitrogen and oxygen atoms in total. The summed E-state index contributed by atoms with van der Waals surface area (Å²) in [5.41, 5.74) is 0.530. The Labute approximate surface area is 107 Å². The van der Waals surface area contributed by atoms with Crippen molar-refractivity contribution in [1.82, 2.24) is 20.2 Å². The van der Waals surface area contributed by atoms with Gasteiger partial charge in [-0.15, -0.1) is 10.2 Å². The van der Waals surface area contributed by atoms with E-state index in [4.69, 9.17) is 20.8 Å². The van der Waals surface area contributed by atoms with Crippen molar-refractivity contribution in [1.29, 1.82) is 0 Å². The Morgan fingerprint density at radius 2 is 2.11 bits per heavy atom. The molecular formula is C10H9ClN4O3. The lowest BCUT2D eigenvalue weighted by molar-refractivity contribution is -0.142. The number of esters is 1. The van der Waals surface area contributed by atoms with Gasteiger partial charge in [-0.05, 0) is 18.5 Å². The van der Waals surface area contributed by atoms with E-state index in [9.17, 15) is 4.79 Å². The van der Waals surface area contributed by atoms with E-state index >= 15 is 0 Å². The fourth-order valence-electron chi connectivity index (χ4n) is 1.20. The van der Waals surface area contributed by atoms with Crippen LogP contribution in [0, 0.1) is 0 Å². The maximum absolute atomic E-state index is 11.2. The first-order valence-electron chi connectivity index (χ1n) is 5.15. The Bertz CT molecular complexity index is 540. The largest absolute Gasteiger partial charge is 0.466 e. The van der Waals surface area contributed by atoms with Gasteiger partial charge in [0.2, 0.25) is 11.2 Å². The molecule has 0 fully saturated rings. The first-order chi connectivity index (χ1) is 8.69. The summed E-state index contributed by atoms with van der Waals surface area (Å²) < 4.78 is 10.0. The summed E-state index contributed by atoms with van der Waals surface area (Å²) in [4.78, 5) is 18.8. The summed E-state index contributed by atoms with van der Waals surface area (Å²) >= 11 is 5.56. The van der Waals surface area contributed by atoms with Gasteiger partial charge in [-0.25, -0.2) is 9.97 Å². The highest BCUT2D eigenvalue weighted by Crippen LogP contribution is 2.16. The number of carbonyl (C=O) groups excluding carboxylic acids is 1. The normalized spacial score (nSPS) is 10.3. The lowest BCUT2D eigenvalue weighted by atomic mass is 10.3. The number of hydrogen-bond donors (Lipinski definition) is 0. The van der Waals surface area contributed by atoms with Gasteiger partial charge in [0.15, 0.2) is 0 Å². The molecule has 2 rings (SSSR count). The molecule has 0 unspecified atom stereocenters. The van der Waals surface area contributed by atoms with Crippen LogP contribution in [-0.2, 0) is 16.0 Å². The van der Waals surface area contributed by atoms with Gasteiger partial charge in [0.25, 0.3) is 5.89 Å². The van der Waals surface area contributed by atoms with Crippen LogP contribution in [0.1, 0.15) is 12.8 Å². The fourth-order valence-corrected chi connectivity index (χ4v) is 1.30. The van der Waals surface area contributed by atoms with Crippen LogP contribution in [0.2, 0.25) is 5.28 Å². The van der Waals surface area contributed by atoms with Gasteiger partial charge in [0, 0.05) is 12.4 Å². The van der Waals surface area contributed by atoms with E-state index in [1.54, 1.807) is 6.92 Å². The molecule has 0 radical (unpaired) electrons. The van der Waals surface area contributed by atoms with Crippen LogP contribution in [0.3, 0.4) is 0 Å². The van der Waals surface area contributed by atoms with Crippen molar-refractivity contribution >= 4 is 17.6 Å². The predicted octanol–water partition coefficient (Wildman–Crippen LogP) is 1.29. The molecule has 0 spiro atoms. The summed E-state index contributed by atoms with van der Waals surface area (Å²) in [6, 6.07) is 0. The van der Waals surface area contributed by atoms with Gasteiger partial charge in [-0.2, -0.15) is 0 Å². The molecule has 18 heavy (non-hydrogen) atoms. The van der Waals surface area contributed by atoms with Crippen molar-refractivity contribution in [2.75, 3.05) is 6.61 Å². The topological polar surface area (TPSA) is 91.0 Å². The lowest BCUT2D eigenvalue weighted by Crippen LogP contribution is -2.07. The zero-order chi connectivity index (χ0) is 13.0. The van der Waals surface area contributed by atoms with Crippen LogP contribution in [0.4, 0.5) is 0 Å². The number of hydrogen-bond acceptors (Lipinski definition) is 7. The molecule has 0 saturated heterocycles. The average molecular weight is 269 g/mol. The summed E-state index contributed by atoms with van der Waals surface area (Å²) in [6.45, 7) is 2.03. The van der Waals surface area contributed by atoms with Crippen LogP contribution in [-0.4, -0.2) is 32.7 Å². The SMILES string of the molecule is CCOC(=O)Cc1nnc(-c2cnc(Cl)nc2)o1. The zero-order valence-corrected chi connectivity index (χ0v) is 10.2. The molecular weight excluding hydrogens is 260 g/mol. The van der Waals surface area contributed by atoms with Gasteiger partial charge >= 0.3 is 5.97 Å². The van der Waals surface area contributed by atoms with Crippen LogP contribution >= 0.6 is 11.6 Å². The third kappa shape index (κ3) is 3.01. The van der Waals surface area contributed by atoms with Crippen molar-refractivity contribution < 1.29 is 13.9 Å². The monoisotopic (exact) mass is 268 g/mol. The number of aromatic nitrogens is 4. The van der Waals surface area contributed by atoms with Crippen LogP contribution < -0.4 is 0 Å². The molecule has 2 heterocycles. The Balaban J connectivity index is 2.10. The van der Waals surface area contributed by atoms with Crippen LogP contribution in [0.25, 0.3) is 11.5 Å². The van der Waals surface area contributed by atoms with Crippen LogP contribution in [0.5, 0.6) is 0 Å². The Hall–Kier alpha value is -2.02. The van der Waals surface area contributed by atoms with E-state index in [1.807, 2.05) is 0 Å². The Morgan fingerprint density at radius 3 is 2.78 bits per heavy atom. The minimum Gasteiger partial charge on any atom is -0.466 e.